The topological polar surface area (TPSA) is 76.5 Å². The number of carbonyl (C=O) groups is 1. The maximum atomic E-state index is 11.6. The lowest BCUT2D eigenvalue weighted by molar-refractivity contribution is 0.104. The Kier molecular flexibility index (Phi) is 3.50. The first-order valence-electron chi connectivity index (χ1n) is 4.71. The minimum Gasteiger partial charge on any atom is -0.428 e. The van der Waals surface area contributed by atoms with Crippen LogP contribution in [-0.4, -0.2) is 24.8 Å². The third-order valence-corrected chi connectivity index (χ3v) is 1.88. The number of allylic oxidation sites excluding steroid dienone is 1. The van der Waals surface area contributed by atoms with Crippen LogP contribution >= 0.6 is 0 Å². The molecule has 0 saturated heterocycles. The van der Waals surface area contributed by atoms with Gasteiger partial charge in [-0.15, -0.1) is 0 Å². The first kappa shape index (κ1) is 12.0. The van der Waals surface area contributed by atoms with E-state index in [1.165, 1.54) is 12.1 Å². The Morgan fingerprint density at radius 1 is 1.50 bits per heavy atom. The van der Waals surface area contributed by atoms with Crippen molar-refractivity contribution in [3.63, 3.8) is 0 Å². The van der Waals surface area contributed by atoms with Crippen LogP contribution in [0.15, 0.2) is 27.6 Å². The smallest absolute Gasteiger partial charge is 0.349 e. The molecule has 0 aliphatic rings. The molecule has 0 radical (unpaired) electrons. The first-order valence-corrected chi connectivity index (χ1v) is 4.71. The van der Waals surface area contributed by atoms with E-state index in [0.717, 1.165) is 0 Å². The summed E-state index contributed by atoms with van der Waals surface area (Å²) in [5.41, 5.74) is 4.92. The van der Waals surface area contributed by atoms with Crippen molar-refractivity contribution in [3.8, 4) is 0 Å². The molecular weight excluding hydrogens is 208 g/mol. The van der Waals surface area contributed by atoms with Gasteiger partial charge in [-0.3, -0.25) is 4.79 Å². The van der Waals surface area contributed by atoms with Crippen LogP contribution in [0, 0.1) is 6.92 Å². The molecule has 0 unspecified atom stereocenters. The van der Waals surface area contributed by atoms with Crippen molar-refractivity contribution < 1.29 is 9.21 Å². The van der Waals surface area contributed by atoms with Gasteiger partial charge in [0.1, 0.15) is 11.3 Å². The van der Waals surface area contributed by atoms with Gasteiger partial charge in [0, 0.05) is 32.4 Å². The number of hydrogen-bond acceptors (Lipinski definition) is 5. The molecule has 0 atom stereocenters. The Balaban J connectivity index is 3.15. The number of nitrogens with two attached hydrogens (primary N) is 1. The van der Waals surface area contributed by atoms with Gasteiger partial charge in [0.25, 0.3) is 0 Å². The Morgan fingerprint density at radius 2 is 2.12 bits per heavy atom. The predicted octanol–water partition coefficient (Wildman–Crippen LogP) is 0.788. The number of carbonyl (C=O) groups excluding carboxylic acids is 1. The summed E-state index contributed by atoms with van der Waals surface area (Å²) in [5, 5.41) is 0. The molecule has 5 heteroatoms. The third-order valence-electron chi connectivity index (χ3n) is 1.88. The monoisotopic (exact) mass is 222 g/mol. The second kappa shape index (κ2) is 4.65. The maximum absolute atomic E-state index is 11.6. The molecule has 1 aromatic heterocycles. The van der Waals surface area contributed by atoms with Gasteiger partial charge < -0.3 is 15.1 Å². The van der Waals surface area contributed by atoms with Crippen LogP contribution in [0.5, 0.6) is 0 Å². The van der Waals surface area contributed by atoms with E-state index in [-0.39, 0.29) is 11.3 Å². The van der Waals surface area contributed by atoms with E-state index >= 15 is 0 Å². The summed E-state index contributed by atoms with van der Waals surface area (Å²) in [7, 11) is 3.54. The van der Waals surface area contributed by atoms with Crippen molar-refractivity contribution in [3.05, 3.63) is 40.1 Å². The largest absolute Gasteiger partial charge is 0.428 e. The van der Waals surface area contributed by atoms with Crippen LogP contribution in [0.25, 0.3) is 0 Å². The van der Waals surface area contributed by atoms with Crippen molar-refractivity contribution in [2.45, 2.75) is 6.92 Å². The molecule has 0 aliphatic carbocycles. The molecule has 2 N–H and O–H groups in total. The second-order valence-corrected chi connectivity index (χ2v) is 3.62. The molecule has 0 aliphatic heterocycles. The van der Waals surface area contributed by atoms with Crippen molar-refractivity contribution in [1.29, 1.82) is 0 Å². The number of ketones is 1. The highest BCUT2D eigenvalue weighted by molar-refractivity contribution is 6.07. The first-order chi connectivity index (χ1) is 7.41. The highest BCUT2D eigenvalue weighted by Crippen LogP contribution is 2.10. The van der Waals surface area contributed by atoms with E-state index in [2.05, 4.69) is 0 Å². The fraction of sp³-hybridized carbons (Fsp3) is 0.273. The highest BCUT2D eigenvalue weighted by atomic mass is 16.4. The average molecular weight is 222 g/mol. The Hall–Kier alpha value is -2.04. The van der Waals surface area contributed by atoms with Crippen molar-refractivity contribution in [1.82, 2.24) is 4.90 Å². The lowest BCUT2D eigenvalue weighted by Gasteiger charge is -2.04. The minimum absolute atomic E-state index is 0.122. The van der Waals surface area contributed by atoms with Gasteiger partial charge in [-0.25, -0.2) is 4.79 Å². The molecule has 1 rings (SSSR count). The number of nitrogen functional groups attached to an aromatic ring is 1. The molecule has 86 valence electrons. The van der Waals surface area contributed by atoms with Crippen molar-refractivity contribution in [2.24, 2.45) is 0 Å². The third kappa shape index (κ3) is 2.73. The van der Waals surface area contributed by atoms with Gasteiger partial charge >= 0.3 is 5.63 Å². The van der Waals surface area contributed by atoms with E-state index in [1.807, 2.05) is 0 Å². The number of anilines is 1. The van der Waals surface area contributed by atoms with Crippen LogP contribution in [0.1, 0.15) is 16.1 Å². The Bertz CT molecular complexity index is 486. The van der Waals surface area contributed by atoms with Gasteiger partial charge in [-0.2, -0.15) is 0 Å². The summed E-state index contributed by atoms with van der Waals surface area (Å²) in [6.45, 7) is 1.60. The van der Waals surface area contributed by atoms with Gasteiger partial charge in [0.15, 0.2) is 5.78 Å². The molecule has 0 spiro atoms. The van der Waals surface area contributed by atoms with Crippen molar-refractivity contribution in [2.75, 3.05) is 19.8 Å². The molecule has 5 nitrogen and oxygen atoms in total. The molecule has 0 bridgehead atoms. The van der Waals surface area contributed by atoms with E-state index in [4.69, 9.17) is 10.2 Å². The zero-order chi connectivity index (χ0) is 12.3. The van der Waals surface area contributed by atoms with Crippen LogP contribution < -0.4 is 11.4 Å². The van der Waals surface area contributed by atoms with E-state index in [1.54, 1.807) is 32.1 Å². The minimum atomic E-state index is -0.703. The zero-order valence-corrected chi connectivity index (χ0v) is 9.48. The summed E-state index contributed by atoms with van der Waals surface area (Å²) in [5.74, 6) is -0.0735. The lowest BCUT2D eigenvalue weighted by atomic mass is 10.1. The van der Waals surface area contributed by atoms with E-state index in [0.29, 0.717) is 5.76 Å². The molecule has 0 aromatic carbocycles. The van der Waals surface area contributed by atoms with Gasteiger partial charge in [-0.1, -0.05) is 0 Å². The fourth-order valence-electron chi connectivity index (χ4n) is 1.18. The summed E-state index contributed by atoms with van der Waals surface area (Å²) in [6, 6.07) is 1.46. The Labute approximate surface area is 93.2 Å². The normalized spacial score (nSPS) is 10.7. The standard InChI is InChI=1S/C11H14N2O3/c1-7-6-8(12)10(11(15)16-7)9(14)4-5-13(2)3/h4-6H,12H2,1-3H3/b5-4+. The highest BCUT2D eigenvalue weighted by Gasteiger charge is 2.14. The Morgan fingerprint density at radius 3 is 2.62 bits per heavy atom. The summed E-state index contributed by atoms with van der Waals surface area (Å²) in [6.07, 6.45) is 2.82. The molecule has 0 fully saturated rings. The fourth-order valence-corrected chi connectivity index (χ4v) is 1.18. The molecule has 16 heavy (non-hydrogen) atoms. The van der Waals surface area contributed by atoms with Gasteiger partial charge in [-0.05, 0) is 6.92 Å². The van der Waals surface area contributed by atoms with Crippen LogP contribution in [0.2, 0.25) is 0 Å². The number of nitrogens with zero attached hydrogens (tertiary/aromatic N) is 1. The van der Waals surface area contributed by atoms with Crippen LogP contribution in [0.3, 0.4) is 0 Å². The van der Waals surface area contributed by atoms with Crippen molar-refractivity contribution >= 4 is 11.5 Å². The van der Waals surface area contributed by atoms with Gasteiger partial charge in [0.2, 0.25) is 0 Å². The van der Waals surface area contributed by atoms with E-state index in [9.17, 15) is 9.59 Å². The average Bonchev–Trinajstić information content (AvgIpc) is 2.12. The molecular formula is C11H14N2O3. The molecule has 1 heterocycles. The van der Waals surface area contributed by atoms with Crippen LogP contribution in [-0.2, 0) is 0 Å². The number of aryl methyl sites for hydroxylation is 1. The van der Waals surface area contributed by atoms with E-state index < -0.39 is 11.4 Å². The number of rotatable bonds is 3. The zero-order valence-electron chi connectivity index (χ0n) is 9.48. The second-order valence-electron chi connectivity index (χ2n) is 3.62. The summed E-state index contributed by atoms with van der Waals surface area (Å²) in [4.78, 5) is 24.8. The summed E-state index contributed by atoms with van der Waals surface area (Å²) >= 11 is 0. The number of hydrogen-bond donors (Lipinski definition) is 1. The molecule has 0 amide bonds. The SMILES string of the molecule is Cc1cc(N)c(C(=O)/C=C/N(C)C)c(=O)o1. The lowest BCUT2D eigenvalue weighted by Crippen LogP contribution is -2.16. The molecule has 0 saturated carbocycles. The quantitative estimate of drug-likeness (QED) is 0.604. The van der Waals surface area contributed by atoms with Gasteiger partial charge in [0.05, 0.1) is 5.69 Å². The predicted molar refractivity (Wildman–Crippen MR) is 61.3 cm³/mol. The van der Waals surface area contributed by atoms with Crippen LogP contribution in [0.4, 0.5) is 5.69 Å². The summed E-state index contributed by atoms with van der Waals surface area (Å²) < 4.78 is 4.81. The molecule has 1 aromatic rings. The maximum Gasteiger partial charge on any atom is 0.349 e.